The average Bonchev–Trinajstić information content (AvgIpc) is 2.53. The van der Waals surface area contributed by atoms with Gasteiger partial charge in [0.15, 0.2) is 0 Å². The van der Waals surface area contributed by atoms with Crippen LogP contribution in [0.15, 0.2) is 0 Å². The fourth-order valence-electron chi connectivity index (χ4n) is 1.68. The van der Waals surface area contributed by atoms with Crippen molar-refractivity contribution in [2.45, 2.75) is 81.1 Å². The zero-order valence-corrected chi connectivity index (χ0v) is 28.9. The molecule has 2 atom stereocenters. The van der Waals surface area contributed by atoms with E-state index < -0.39 is 11.4 Å². The summed E-state index contributed by atoms with van der Waals surface area (Å²) in [6, 6.07) is 0. The van der Waals surface area contributed by atoms with E-state index in [-0.39, 0.29) is 19.5 Å². The monoisotopic (exact) mass is 602 g/mol. The van der Waals surface area contributed by atoms with Crippen LogP contribution in [0.2, 0.25) is 0 Å². The molecule has 0 aromatic carbocycles. The van der Waals surface area contributed by atoms with Gasteiger partial charge in [0.2, 0.25) is 0 Å². The molecule has 0 aromatic rings. The Labute approximate surface area is 224 Å². The van der Waals surface area contributed by atoms with E-state index in [1.54, 1.807) is 0 Å². The van der Waals surface area contributed by atoms with Gasteiger partial charge in [0, 0.05) is 11.4 Å². The van der Waals surface area contributed by atoms with Gasteiger partial charge in [-0.2, -0.15) is 0 Å². The minimum Gasteiger partial charge on any atom is -0.793 e. The van der Waals surface area contributed by atoms with Crippen molar-refractivity contribution in [1.29, 1.82) is 0 Å². The molecule has 0 heterocycles. The number of hydrogen-bond donors (Lipinski definition) is 0. The van der Waals surface area contributed by atoms with Crippen LogP contribution in [0.1, 0.15) is 81.1 Å². The molecule has 0 saturated carbocycles. The Morgan fingerprint density at radius 3 is 1.10 bits per heavy atom. The van der Waals surface area contributed by atoms with Gasteiger partial charge in [-0.1, -0.05) is 79.0 Å². The van der Waals surface area contributed by atoms with Crippen LogP contribution in [0, 0.1) is 23.7 Å². The topological polar surface area (TPSA) is 64.6 Å². The largest absolute Gasteiger partial charge is 2.00 e. The first-order valence-corrected chi connectivity index (χ1v) is 19.3. The van der Waals surface area contributed by atoms with Crippen LogP contribution in [-0.2, 0) is 52.1 Å². The molecular formula is C20H44O4P2S4Zn. The van der Waals surface area contributed by atoms with Gasteiger partial charge in [-0.3, -0.25) is 0 Å². The summed E-state index contributed by atoms with van der Waals surface area (Å²) < 4.78 is 10.5. The molecule has 0 rings (SSSR count). The van der Waals surface area contributed by atoms with Gasteiger partial charge in [0.1, 0.15) is 0 Å². The fraction of sp³-hybridized carbons (Fsp3) is 1.00. The number of rotatable bonds is 16. The SMILES string of the molecule is CC(C)CCOP([O-])(=S)SCCC(C)C.CC(C)CCOP([O-])(=S)SCCC(C)C.[Zn+2]. The summed E-state index contributed by atoms with van der Waals surface area (Å²) in [4.78, 5) is 23.5. The van der Waals surface area contributed by atoms with Crippen molar-refractivity contribution >= 4 is 57.8 Å². The summed E-state index contributed by atoms with van der Waals surface area (Å²) in [5.74, 6) is 4.06. The molecule has 0 aromatic heterocycles. The Balaban J connectivity index is -0.000000490. The van der Waals surface area contributed by atoms with Crippen LogP contribution in [0.5, 0.6) is 0 Å². The van der Waals surface area contributed by atoms with Crippen molar-refractivity contribution in [2.24, 2.45) is 23.7 Å². The van der Waals surface area contributed by atoms with Crippen molar-refractivity contribution in [2.75, 3.05) is 24.7 Å². The van der Waals surface area contributed by atoms with Crippen LogP contribution in [-0.4, -0.2) is 24.7 Å². The standard InChI is InChI=1S/2C10H23O2PS2.Zn/c2*1-9(2)5-7-12-13(11,14)15-8-6-10(3)4;/h2*9-10H,5-8H2,1-4H3,(H,11,14);/q;;+2/p-2. The number of hydrogen-bond acceptors (Lipinski definition) is 8. The maximum absolute atomic E-state index is 11.7. The molecule has 0 amide bonds. The van der Waals surface area contributed by atoms with Crippen molar-refractivity contribution in [1.82, 2.24) is 0 Å². The second-order valence-corrected chi connectivity index (χ2v) is 21.3. The molecule has 0 saturated heterocycles. The molecular weight excluding hydrogens is 560 g/mol. The van der Waals surface area contributed by atoms with Gasteiger partial charge < -0.3 is 18.8 Å². The predicted octanol–water partition coefficient (Wildman–Crippen LogP) is 6.82. The van der Waals surface area contributed by atoms with E-state index in [9.17, 15) is 9.79 Å². The molecule has 0 radical (unpaired) electrons. The normalized spacial score (nSPS) is 15.4. The Hall–Kier alpha value is 2.46. The molecule has 0 fully saturated rings. The molecule has 0 aliphatic heterocycles. The maximum atomic E-state index is 11.7. The molecule has 0 N–H and O–H groups in total. The van der Waals surface area contributed by atoms with Crippen molar-refractivity contribution in [3.8, 4) is 0 Å². The Morgan fingerprint density at radius 1 is 0.613 bits per heavy atom. The summed E-state index contributed by atoms with van der Waals surface area (Å²) in [6.45, 7) is 18.1. The first kappa shape index (κ1) is 38.0. The van der Waals surface area contributed by atoms with Crippen molar-refractivity contribution in [3.05, 3.63) is 0 Å². The van der Waals surface area contributed by atoms with Crippen LogP contribution < -0.4 is 9.79 Å². The van der Waals surface area contributed by atoms with E-state index >= 15 is 0 Å². The van der Waals surface area contributed by atoms with Gasteiger partial charge >= 0.3 is 19.5 Å². The van der Waals surface area contributed by atoms with Crippen molar-refractivity contribution < 1.29 is 38.3 Å². The second-order valence-electron chi connectivity index (χ2n) is 8.96. The summed E-state index contributed by atoms with van der Waals surface area (Å²) in [7, 11) is 0. The molecule has 11 heteroatoms. The quantitative estimate of drug-likeness (QED) is 0.141. The summed E-state index contributed by atoms with van der Waals surface area (Å²) in [5.41, 5.74) is -5.61. The minimum absolute atomic E-state index is 0. The maximum Gasteiger partial charge on any atom is 2.00 e. The first-order valence-electron chi connectivity index (χ1n) is 10.9. The van der Waals surface area contributed by atoms with E-state index in [4.69, 9.17) is 32.7 Å². The van der Waals surface area contributed by atoms with Gasteiger partial charge in [-0.05, 0) is 60.9 Å². The smallest absolute Gasteiger partial charge is 0.793 e. The molecule has 0 aliphatic carbocycles. The van der Waals surface area contributed by atoms with E-state index in [1.807, 2.05) is 0 Å². The predicted molar refractivity (Wildman–Crippen MR) is 143 cm³/mol. The Kier molecular flexibility index (Phi) is 26.6. The first-order chi connectivity index (χ1) is 13.7. The zero-order valence-electron chi connectivity index (χ0n) is 20.8. The molecule has 0 spiro atoms. The van der Waals surface area contributed by atoms with E-state index in [1.165, 1.54) is 22.8 Å². The Bertz CT molecular complexity index is 430. The van der Waals surface area contributed by atoms with Crippen LogP contribution in [0.25, 0.3) is 0 Å². The average molecular weight is 604 g/mol. The molecule has 0 bridgehead atoms. The summed E-state index contributed by atoms with van der Waals surface area (Å²) in [6.07, 6.45) is 3.93. The van der Waals surface area contributed by atoms with Crippen LogP contribution >= 0.6 is 34.2 Å². The zero-order chi connectivity index (χ0) is 23.8. The van der Waals surface area contributed by atoms with Gasteiger partial charge in [0.05, 0.1) is 13.2 Å². The molecule has 2 unspecified atom stereocenters. The third kappa shape index (κ3) is 32.5. The third-order valence-electron chi connectivity index (χ3n) is 3.78. The fourth-order valence-corrected chi connectivity index (χ4v) is 8.74. The van der Waals surface area contributed by atoms with E-state index in [0.29, 0.717) is 36.9 Å². The molecule has 184 valence electrons. The van der Waals surface area contributed by atoms with E-state index in [2.05, 4.69) is 55.4 Å². The Morgan fingerprint density at radius 2 is 0.871 bits per heavy atom. The molecule has 4 nitrogen and oxygen atoms in total. The molecule has 0 aliphatic rings. The molecule has 31 heavy (non-hydrogen) atoms. The van der Waals surface area contributed by atoms with E-state index in [0.717, 1.165) is 37.2 Å². The van der Waals surface area contributed by atoms with Crippen LogP contribution in [0.3, 0.4) is 0 Å². The van der Waals surface area contributed by atoms with Crippen molar-refractivity contribution in [3.63, 3.8) is 0 Å². The second kappa shape index (κ2) is 21.7. The van der Waals surface area contributed by atoms with Crippen LogP contribution in [0.4, 0.5) is 0 Å². The minimum atomic E-state index is -2.80. The van der Waals surface area contributed by atoms with Gasteiger partial charge in [-0.25, -0.2) is 0 Å². The van der Waals surface area contributed by atoms with Gasteiger partial charge in [-0.15, -0.1) is 22.8 Å². The van der Waals surface area contributed by atoms with Gasteiger partial charge in [0.25, 0.3) is 0 Å². The summed E-state index contributed by atoms with van der Waals surface area (Å²) in [5, 5.41) is 0. The third-order valence-corrected chi connectivity index (χ3v) is 12.4. The summed E-state index contributed by atoms with van der Waals surface area (Å²) >= 11 is 12.5.